The molecule has 2 aromatic carbocycles. The maximum absolute atomic E-state index is 12.8. The van der Waals surface area contributed by atoms with Crippen LogP contribution in [0, 0.1) is 5.92 Å². The molecule has 0 radical (unpaired) electrons. The second kappa shape index (κ2) is 16.6. The standard InChI is InChI=1S/C31H42N8O5/c32-12-14-41-16-17-42-15-13-33-28(40)23-8-4-10-25(18-23)36-31-38-29(34-19-22-6-2-1-3-7-22)37-30(39-31)35-20-24-9-5-11-26-27(24)44-21-43-26/h4-5,8-11,18,22H,1-3,6-7,12-17,19-21,32H2,(H,33,40)(H3,34,35,36,37,38,39). The van der Waals surface area contributed by atoms with Crippen molar-refractivity contribution in [3.8, 4) is 11.5 Å². The molecule has 2 aliphatic rings. The van der Waals surface area contributed by atoms with Crippen LogP contribution in [0.15, 0.2) is 42.5 Å². The number of aromatic nitrogens is 3. The number of carbonyl (C=O) groups is 1. The van der Waals surface area contributed by atoms with Crippen molar-refractivity contribution in [3.05, 3.63) is 53.6 Å². The average molecular weight is 607 g/mol. The second-order valence-electron chi connectivity index (χ2n) is 10.7. The number of hydrogen-bond acceptors (Lipinski definition) is 12. The van der Waals surface area contributed by atoms with Crippen LogP contribution in [0.1, 0.15) is 48.0 Å². The molecule has 0 spiro atoms. The van der Waals surface area contributed by atoms with Crippen molar-refractivity contribution < 1.29 is 23.7 Å². The highest BCUT2D eigenvalue weighted by atomic mass is 16.7. The molecule has 5 rings (SSSR count). The van der Waals surface area contributed by atoms with E-state index in [1.165, 1.54) is 32.1 Å². The zero-order valence-corrected chi connectivity index (χ0v) is 25.0. The fourth-order valence-corrected chi connectivity index (χ4v) is 5.13. The van der Waals surface area contributed by atoms with Crippen LogP contribution in [0.5, 0.6) is 11.5 Å². The molecule has 1 saturated carbocycles. The first kappa shape index (κ1) is 31.2. The molecule has 0 bridgehead atoms. The van der Waals surface area contributed by atoms with Crippen LogP contribution >= 0.6 is 0 Å². The summed E-state index contributed by atoms with van der Waals surface area (Å²) in [6.07, 6.45) is 6.24. The van der Waals surface area contributed by atoms with Crippen molar-refractivity contribution >= 4 is 29.4 Å². The van der Waals surface area contributed by atoms with Crippen molar-refractivity contribution in [1.82, 2.24) is 20.3 Å². The lowest BCUT2D eigenvalue weighted by Gasteiger charge is -2.22. The minimum absolute atomic E-state index is 0.203. The Bertz CT molecular complexity index is 1350. The molecule has 1 fully saturated rings. The summed E-state index contributed by atoms with van der Waals surface area (Å²) in [5.41, 5.74) is 7.51. The molecule has 1 amide bonds. The zero-order valence-electron chi connectivity index (χ0n) is 25.0. The normalized spacial score (nSPS) is 14.3. The van der Waals surface area contributed by atoms with E-state index in [2.05, 4.69) is 36.2 Å². The van der Waals surface area contributed by atoms with Gasteiger partial charge in [0.2, 0.25) is 24.6 Å². The van der Waals surface area contributed by atoms with Gasteiger partial charge in [-0.05, 0) is 43.0 Å². The van der Waals surface area contributed by atoms with Crippen molar-refractivity contribution in [3.63, 3.8) is 0 Å². The van der Waals surface area contributed by atoms with Crippen molar-refractivity contribution in [2.24, 2.45) is 11.7 Å². The van der Waals surface area contributed by atoms with E-state index in [0.29, 0.717) is 81.1 Å². The minimum atomic E-state index is -0.203. The predicted octanol–water partition coefficient (Wildman–Crippen LogP) is 3.67. The SMILES string of the molecule is NCCOCCOCCNC(=O)c1cccc(Nc2nc(NCc3cccc4c3OCO4)nc(NCC3CCCCC3)n2)c1. The molecule has 236 valence electrons. The van der Waals surface area contributed by atoms with E-state index in [1.54, 1.807) is 12.1 Å². The summed E-state index contributed by atoms with van der Waals surface area (Å²) < 4.78 is 21.9. The first-order valence-corrected chi connectivity index (χ1v) is 15.3. The van der Waals surface area contributed by atoms with E-state index in [1.807, 2.05) is 30.3 Å². The summed E-state index contributed by atoms with van der Waals surface area (Å²) in [6.45, 7) is 4.14. The number of nitrogens with one attached hydrogen (secondary N) is 4. The summed E-state index contributed by atoms with van der Waals surface area (Å²) >= 11 is 0. The predicted molar refractivity (Wildman–Crippen MR) is 168 cm³/mol. The summed E-state index contributed by atoms with van der Waals surface area (Å²) in [7, 11) is 0. The topological polar surface area (TPSA) is 167 Å². The highest BCUT2D eigenvalue weighted by molar-refractivity contribution is 5.95. The van der Waals surface area contributed by atoms with Crippen molar-refractivity contribution in [1.29, 1.82) is 0 Å². The zero-order chi connectivity index (χ0) is 30.4. The smallest absolute Gasteiger partial charge is 0.251 e. The van der Waals surface area contributed by atoms with E-state index in [0.717, 1.165) is 23.6 Å². The first-order chi connectivity index (χ1) is 21.7. The number of para-hydroxylation sites is 1. The van der Waals surface area contributed by atoms with Gasteiger partial charge in [-0.25, -0.2) is 0 Å². The Kier molecular flexibility index (Phi) is 11.8. The van der Waals surface area contributed by atoms with E-state index < -0.39 is 0 Å². The van der Waals surface area contributed by atoms with Crippen molar-refractivity contribution in [2.75, 3.05) is 68.8 Å². The molecule has 44 heavy (non-hydrogen) atoms. The van der Waals surface area contributed by atoms with Gasteiger partial charge in [0.15, 0.2) is 11.5 Å². The maximum atomic E-state index is 12.8. The van der Waals surface area contributed by atoms with E-state index in [9.17, 15) is 4.79 Å². The van der Waals surface area contributed by atoms with Crippen LogP contribution < -0.4 is 36.5 Å². The van der Waals surface area contributed by atoms with Gasteiger partial charge in [-0.2, -0.15) is 15.0 Å². The lowest BCUT2D eigenvalue weighted by molar-refractivity contribution is 0.0511. The van der Waals surface area contributed by atoms with Gasteiger partial charge in [0, 0.05) is 43.0 Å². The second-order valence-corrected chi connectivity index (χ2v) is 10.7. The van der Waals surface area contributed by atoms with E-state index in [-0.39, 0.29) is 12.7 Å². The highest BCUT2D eigenvalue weighted by Gasteiger charge is 2.18. The molecule has 0 unspecified atom stereocenters. The molecule has 6 N–H and O–H groups in total. The van der Waals surface area contributed by atoms with Gasteiger partial charge >= 0.3 is 0 Å². The summed E-state index contributed by atoms with van der Waals surface area (Å²) in [4.78, 5) is 26.6. The van der Waals surface area contributed by atoms with Crippen LogP contribution in [0.3, 0.4) is 0 Å². The lowest BCUT2D eigenvalue weighted by atomic mass is 9.89. The van der Waals surface area contributed by atoms with Crippen LogP contribution in [-0.2, 0) is 16.0 Å². The van der Waals surface area contributed by atoms with Gasteiger partial charge in [0.25, 0.3) is 5.91 Å². The number of nitrogens with two attached hydrogens (primary N) is 1. The number of nitrogens with zero attached hydrogens (tertiary/aromatic N) is 3. The Morgan fingerprint density at radius 3 is 2.50 bits per heavy atom. The third-order valence-electron chi connectivity index (χ3n) is 7.37. The molecule has 1 aliphatic heterocycles. The molecule has 0 atom stereocenters. The largest absolute Gasteiger partial charge is 0.454 e. The Hall–Kier alpha value is -4.20. The number of hydrogen-bond donors (Lipinski definition) is 5. The fraction of sp³-hybridized carbons (Fsp3) is 0.484. The van der Waals surface area contributed by atoms with Gasteiger partial charge in [-0.15, -0.1) is 0 Å². The molecule has 13 nitrogen and oxygen atoms in total. The first-order valence-electron chi connectivity index (χ1n) is 15.3. The Labute approximate surface area is 257 Å². The van der Waals surface area contributed by atoms with E-state index in [4.69, 9.17) is 24.7 Å². The maximum Gasteiger partial charge on any atom is 0.251 e. The number of fused-ring (bicyclic) bond motifs is 1. The summed E-state index contributed by atoms with van der Waals surface area (Å²) in [5.74, 6) is 3.09. The van der Waals surface area contributed by atoms with Gasteiger partial charge in [0.1, 0.15) is 0 Å². The molecule has 1 aromatic heterocycles. The number of amides is 1. The molecule has 0 saturated heterocycles. The summed E-state index contributed by atoms with van der Waals surface area (Å²) in [6, 6.07) is 13.0. The fourth-order valence-electron chi connectivity index (χ4n) is 5.13. The number of benzene rings is 2. The number of ether oxygens (including phenoxy) is 4. The quantitative estimate of drug-likeness (QED) is 0.142. The summed E-state index contributed by atoms with van der Waals surface area (Å²) in [5, 5.41) is 12.8. The van der Waals surface area contributed by atoms with Crippen LogP contribution in [0.2, 0.25) is 0 Å². The van der Waals surface area contributed by atoms with Gasteiger partial charge in [-0.1, -0.05) is 37.5 Å². The van der Waals surface area contributed by atoms with Gasteiger partial charge < -0.3 is 45.9 Å². The monoisotopic (exact) mass is 606 g/mol. The molecule has 3 aromatic rings. The van der Waals surface area contributed by atoms with E-state index >= 15 is 0 Å². The average Bonchev–Trinajstić information content (AvgIpc) is 3.54. The van der Waals surface area contributed by atoms with Gasteiger partial charge in [0.05, 0.1) is 26.4 Å². The molecule has 13 heteroatoms. The number of anilines is 4. The Morgan fingerprint density at radius 2 is 1.66 bits per heavy atom. The number of carbonyl (C=O) groups excluding carboxylic acids is 1. The molecular formula is C31H42N8O5. The Morgan fingerprint density at radius 1 is 0.886 bits per heavy atom. The minimum Gasteiger partial charge on any atom is -0.454 e. The number of rotatable bonds is 17. The Balaban J connectivity index is 1.21. The third kappa shape index (κ3) is 9.40. The molecule has 2 heterocycles. The highest BCUT2D eigenvalue weighted by Crippen LogP contribution is 2.35. The lowest BCUT2D eigenvalue weighted by Crippen LogP contribution is -2.27. The molecule has 1 aliphatic carbocycles. The van der Waals surface area contributed by atoms with Crippen molar-refractivity contribution in [2.45, 2.75) is 38.6 Å². The van der Waals surface area contributed by atoms with Crippen LogP contribution in [0.25, 0.3) is 0 Å². The molecular weight excluding hydrogens is 564 g/mol. The third-order valence-corrected chi connectivity index (χ3v) is 7.37. The van der Waals surface area contributed by atoms with Crippen LogP contribution in [0.4, 0.5) is 23.5 Å². The van der Waals surface area contributed by atoms with Gasteiger partial charge in [-0.3, -0.25) is 4.79 Å². The van der Waals surface area contributed by atoms with Crippen LogP contribution in [-0.4, -0.2) is 73.7 Å².